The standard InChI is InChI=1S/C15H19N3O2/c1-10(2)18-15(20)14(19)16-8-7-11-9-17-13-6-4-3-5-12(11)13/h3-6,9-10,17H,7-8H2,1-2H3,(H,16,19)(H,18,20). The Bertz CT molecular complexity index is 616. The number of nitrogens with one attached hydrogen (secondary N) is 3. The Balaban J connectivity index is 1.87. The second-order valence-electron chi connectivity index (χ2n) is 4.99. The molecule has 5 heteroatoms. The molecule has 1 heterocycles. The predicted octanol–water partition coefficient (Wildman–Crippen LogP) is 1.35. The van der Waals surface area contributed by atoms with E-state index in [4.69, 9.17) is 0 Å². The molecule has 0 bridgehead atoms. The lowest BCUT2D eigenvalue weighted by Crippen LogP contribution is -2.43. The highest BCUT2D eigenvalue weighted by atomic mass is 16.2. The number of aromatic amines is 1. The average Bonchev–Trinajstić information content (AvgIpc) is 2.81. The highest BCUT2D eigenvalue weighted by molar-refractivity contribution is 6.35. The number of rotatable bonds is 4. The molecule has 0 saturated carbocycles. The summed E-state index contributed by atoms with van der Waals surface area (Å²) >= 11 is 0. The molecule has 2 amide bonds. The number of hydrogen-bond acceptors (Lipinski definition) is 2. The van der Waals surface area contributed by atoms with Gasteiger partial charge in [-0.05, 0) is 31.9 Å². The SMILES string of the molecule is CC(C)NC(=O)C(=O)NCCc1c[nH]c2ccccc12. The predicted molar refractivity (Wildman–Crippen MR) is 78.3 cm³/mol. The normalized spacial score (nSPS) is 10.8. The molecule has 0 aliphatic heterocycles. The van der Waals surface area contributed by atoms with Gasteiger partial charge < -0.3 is 15.6 Å². The Morgan fingerprint density at radius 3 is 2.70 bits per heavy atom. The molecular weight excluding hydrogens is 254 g/mol. The van der Waals surface area contributed by atoms with Gasteiger partial charge in [-0.2, -0.15) is 0 Å². The largest absolute Gasteiger partial charge is 0.361 e. The number of aromatic nitrogens is 1. The van der Waals surface area contributed by atoms with E-state index in [1.54, 1.807) is 0 Å². The summed E-state index contributed by atoms with van der Waals surface area (Å²) in [4.78, 5) is 26.2. The van der Waals surface area contributed by atoms with Gasteiger partial charge in [-0.1, -0.05) is 18.2 Å². The topological polar surface area (TPSA) is 74.0 Å². The fraction of sp³-hybridized carbons (Fsp3) is 0.333. The zero-order valence-corrected chi connectivity index (χ0v) is 11.7. The van der Waals surface area contributed by atoms with E-state index < -0.39 is 11.8 Å². The monoisotopic (exact) mass is 273 g/mol. The maximum absolute atomic E-state index is 11.5. The third-order valence-electron chi connectivity index (χ3n) is 2.98. The van der Waals surface area contributed by atoms with Gasteiger partial charge in [0.05, 0.1) is 0 Å². The van der Waals surface area contributed by atoms with E-state index in [1.807, 2.05) is 44.3 Å². The molecule has 2 aromatic rings. The minimum atomic E-state index is -0.585. The van der Waals surface area contributed by atoms with Crippen LogP contribution in [0.5, 0.6) is 0 Å². The van der Waals surface area contributed by atoms with Crippen LogP contribution in [0.15, 0.2) is 30.5 Å². The second kappa shape index (κ2) is 6.23. The molecule has 0 radical (unpaired) electrons. The molecule has 5 nitrogen and oxygen atoms in total. The van der Waals surface area contributed by atoms with Gasteiger partial charge in [0.25, 0.3) is 0 Å². The first-order valence-electron chi connectivity index (χ1n) is 6.71. The Kier molecular flexibility index (Phi) is 4.40. The van der Waals surface area contributed by atoms with Crippen molar-refractivity contribution in [2.24, 2.45) is 0 Å². The van der Waals surface area contributed by atoms with Gasteiger partial charge in [-0.15, -0.1) is 0 Å². The summed E-state index contributed by atoms with van der Waals surface area (Å²) in [6.07, 6.45) is 2.62. The minimum absolute atomic E-state index is 0.0399. The van der Waals surface area contributed by atoms with E-state index >= 15 is 0 Å². The number of H-pyrrole nitrogens is 1. The summed E-state index contributed by atoms with van der Waals surface area (Å²) < 4.78 is 0. The van der Waals surface area contributed by atoms with Crippen molar-refractivity contribution in [3.63, 3.8) is 0 Å². The van der Waals surface area contributed by atoms with Crippen molar-refractivity contribution in [1.29, 1.82) is 0 Å². The fourth-order valence-electron chi connectivity index (χ4n) is 2.06. The maximum atomic E-state index is 11.5. The first-order chi connectivity index (χ1) is 9.58. The molecule has 0 aliphatic carbocycles. The van der Waals surface area contributed by atoms with Gasteiger partial charge >= 0.3 is 11.8 Å². The Hall–Kier alpha value is -2.30. The summed E-state index contributed by atoms with van der Waals surface area (Å²) in [5.74, 6) is -1.17. The Labute approximate surface area is 117 Å². The van der Waals surface area contributed by atoms with Crippen LogP contribution in [0.25, 0.3) is 10.9 Å². The molecule has 3 N–H and O–H groups in total. The lowest BCUT2D eigenvalue weighted by Gasteiger charge is -2.08. The third kappa shape index (κ3) is 3.38. The zero-order chi connectivity index (χ0) is 14.5. The van der Waals surface area contributed by atoms with Crippen LogP contribution >= 0.6 is 0 Å². The molecule has 106 valence electrons. The number of carbonyl (C=O) groups excluding carboxylic acids is 2. The summed E-state index contributed by atoms with van der Waals surface area (Å²) in [5.41, 5.74) is 2.21. The smallest absolute Gasteiger partial charge is 0.309 e. The number of benzene rings is 1. The van der Waals surface area contributed by atoms with Gasteiger partial charge in [-0.3, -0.25) is 9.59 Å². The van der Waals surface area contributed by atoms with Crippen molar-refractivity contribution in [3.05, 3.63) is 36.0 Å². The van der Waals surface area contributed by atoms with Crippen LogP contribution in [0.1, 0.15) is 19.4 Å². The summed E-state index contributed by atoms with van der Waals surface area (Å²) in [7, 11) is 0. The van der Waals surface area contributed by atoms with Crippen molar-refractivity contribution in [3.8, 4) is 0 Å². The van der Waals surface area contributed by atoms with E-state index in [0.717, 1.165) is 16.5 Å². The van der Waals surface area contributed by atoms with Crippen molar-refractivity contribution >= 4 is 22.7 Å². The molecule has 20 heavy (non-hydrogen) atoms. The van der Waals surface area contributed by atoms with E-state index in [9.17, 15) is 9.59 Å². The van der Waals surface area contributed by atoms with Crippen LogP contribution in [-0.2, 0) is 16.0 Å². The van der Waals surface area contributed by atoms with Crippen molar-refractivity contribution in [2.45, 2.75) is 26.3 Å². The number of amides is 2. The highest BCUT2D eigenvalue weighted by Gasteiger charge is 2.13. The molecule has 1 aromatic heterocycles. The van der Waals surface area contributed by atoms with Crippen molar-refractivity contribution in [1.82, 2.24) is 15.6 Å². The van der Waals surface area contributed by atoms with Crippen LogP contribution in [0.3, 0.4) is 0 Å². The quantitative estimate of drug-likeness (QED) is 0.736. The lowest BCUT2D eigenvalue weighted by atomic mass is 10.1. The number of para-hydroxylation sites is 1. The van der Waals surface area contributed by atoms with Gasteiger partial charge in [0.1, 0.15) is 0 Å². The molecule has 0 saturated heterocycles. The minimum Gasteiger partial charge on any atom is -0.361 e. The molecule has 0 spiro atoms. The molecule has 0 aliphatic rings. The first kappa shape index (κ1) is 14.1. The Morgan fingerprint density at radius 1 is 1.20 bits per heavy atom. The summed E-state index contributed by atoms with van der Waals surface area (Å²) in [6, 6.07) is 7.96. The molecule has 2 rings (SSSR count). The van der Waals surface area contributed by atoms with Crippen LogP contribution < -0.4 is 10.6 Å². The molecule has 0 fully saturated rings. The Morgan fingerprint density at radius 2 is 1.95 bits per heavy atom. The zero-order valence-electron chi connectivity index (χ0n) is 11.7. The second-order valence-corrected chi connectivity index (χ2v) is 4.99. The summed E-state index contributed by atoms with van der Waals surface area (Å²) in [5, 5.41) is 6.33. The van der Waals surface area contributed by atoms with Crippen LogP contribution in [-0.4, -0.2) is 29.4 Å². The van der Waals surface area contributed by atoms with Crippen LogP contribution in [0.4, 0.5) is 0 Å². The van der Waals surface area contributed by atoms with Gasteiger partial charge in [-0.25, -0.2) is 0 Å². The van der Waals surface area contributed by atoms with E-state index in [1.165, 1.54) is 0 Å². The van der Waals surface area contributed by atoms with Crippen LogP contribution in [0, 0.1) is 0 Å². The number of carbonyl (C=O) groups is 2. The lowest BCUT2D eigenvalue weighted by molar-refractivity contribution is -0.139. The van der Waals surface area contributed by atoms with Gasteiger partial charge in [0.2, 0.25) is 0 Å². The first-order valence-corrected chi connectivity index (χ1v) is 6.71. The average molecular weight is 273 g/mol. The third-order valence-corrected chi connectivity index (χ3v) is 2.98. The molecule has 1 aromatic carbocycles. The van der Waals surface area contributed by atoms with Crippen LogP contribution in [0.2, 0.25) is 0 Å². The van der Waals surface area contributed by atoms with E-state index in [-0.39, 0.29) is 6.04 Å². The van der Waals surface area contributed by atoms with Crippen molar-refractivity contribution in [2.75, 3.05) is 6.54 Å². The fourth-order valence-corrected chi connectivity index (χ4v) is 2.06. The number of fused-ring (bicyclic) bond motifs is 1. The maximum Gasteiger partial charge on any atom is 0.309 e. The highest BCUT2D eigenvalue weighted by Crippen LogP contribution is 2.17. The van der Waals surface area contributed by atoms with Gasteiger partial charge in [0.15, 0.2) is 0 Å². The number of hydrogen-bond donors (Lipinski definition) is 3. The molecule has 0 unspecified atom stereocenters. The molecule has 0 atom stereocenters. The van der Waals surface area contributed by atoms with E-state index in [0.29, 0.717) is 13.0 Å². The summed E-state index contributed by atoms with van der Waals surface area (Å²) in [6.45, 7) is 4.07. The van der Waals surface area contributed by atoms with Crippen molar-refractivity contribution < 1.29 is 9.59 Å². The van der Waals surface area contributed by atoms with Gasteiger partial charge in [0, 0.05) is 29.7 Å². The van der Waals surface area contributed by atoms with E-state index in [2.05, 4.69) is 15.6 Å². The molecular formula is C15H19N3O2.